The highest BCUT2D eigenvalue weighted by molar-refractivity contribution is 6.08. The fourth-order valence-corrected chi connectivity index (χ4v) is 5.94. The van der Waals surface area contributed by atoms with Crippen LogP contribution < -0.4 is 26.6 Å². The maximum atomic E-state index is 13.3. The van der Waals surface area contributed by atoms with Crippen molar-refractivity contribution in [2.24, 2.45) is 11.1 Å². The van der Waals surface area contributed by atoms with Crippen molar-refractivity contribution < 1.29 is 4.79 Å². The van der Waals surface area contributed by atoms with E-state index in [-0.39, 0.29) is 28.9 Å². The van der Waals surface area contributed by atoms with Crippen LogP contribution in [0.25, 0.3) is 0 Å². The SMILES string of the molecule is CNc1ccc2c(n1)CCN2C(=O)c1ncc(N2CCC3(CC2)Cc2ccccc2[C@H]3N)nc1N. The molecule has 9 heteroatoms. The molecule has 1 aliphatic carbocycles. The molecular weight excluding hydrogens is 440 g/mol. The first-order chi connectivity index (χ1) is 17.0. The van der Waals surface area contributed by atoms with Gasteiger partial charge in [0, 0.05) is 39.1 Å². The molecule has 0 unspecified atom stereocenters. The summed E-state index contributed by atoms with van der Waals surface area (Å²) in [5.74, 6) is 1.41. The molecule has 1 fully saturated rings. The van der Waals surface area contributed by atoms with Gasteiger partial charge in [-0.1, -0.05) is 24.3 Å². The highest BCUT2D eigenvalue weighted by atomic mass is 16.2. The van der Waals surface area contributed by atoms with Crippen molar-refractivity contribution in [1.29, 1.82) is 0 Å². The average molecular weight is 471 g/mol. The topological polar surface area (TPSA) is 126 Å². The number of hydrogen-bond donors (Lipinski definition) is 3. The molecule has 1 spiro atoms. The number of hydrogen-bond acceptors (Lipinski definition) is 8. The number of pyridine rings is 1. The van der Waals surface area contributed by atoms with Gasteiger partial charge in [-0.05, 0) is 47.9 Å². The maximum absolute atomic E-state index is 13.3. The van der Waals surface area contributed by atoms with Crippen molar-refractivity contribution in [3.63, 3.8) is 0 Å². The van der Waals surface area contributed by atoms with Gasteiger partial charge in [-0.3, -0.25) is 4.79 Å². The zero-order valence-corrected chi connectivity index (χ0v) is 19.9. The molecule has 6 rings (SSSR count). The van der Waals surface area contributed by atoms with Gasteiger partial charge < -0.3 is 26.6 Å². The highest BCUT2D eigenvalue weighted by Gasteiger charge is 2.46. The number of anilines is 4. The molecule has 35 heavy (non-hydrogen) atoms. The van der Waals surface area contributed by atoms with Gasteiger partial charge in [-0.25, -0.2) is 15.0 Å². The molecule has 0 bridgehead atoms. The van der Waals surface area contributed by atoms with Crippen LogP contribution in [0.5, 0.6) is 0 Å². The van der Waals surface area contributed by atoms with E-state index in [4.69, 9.17) is 11.5 Å². The number of nitrogen functional groups attached to an aromatic ring is 1. The quantitative estimate of drug-likeness (QED) is 0.533. The number of nitrogens with two attached hydrogens (primary N) is 2. The van der Waals surface area contributed by atoms with Crippen LogP contribution in [0, 0.1) is 5.41 Å². The standard InChI is InChI=1S/C26H30N8O/c1-29-20-7-6-19-18(31-20)8-11-34(19)25(35)22-24(28)32-21(15-30-22)33-12-9-26(10-13-33)14-16-4-2-3-5-17(16)23(26)27/h2-7,15,23H,8-14,27H2,1H3,(H2,28,32)(H,29,31)/t23-/m1/s1. The summed E-state index contributed by atoms with van der Waals surface area (Å²) in [7, 11) is 1.83. The van der Waals surface area contributed by atoms with Crippen LogP contribution in [0.3, 0.4) is 0 Å². The summed E-state index contributed by atoms with van der Waals surface area (Å²) < 4.78 is 0. The van der Waals surface area contributed by atoms with E-state index in [0.29, 0.717) is 18.8 Å². The molecule has 0 radical (unpaired) electrons. The van der Waals surface area contributed by atoms with Crippen molar-refractivity contribution in [1.82, 2.24) is 15.0 Å². The van der Waals surface area contributed by atoms with Gasteiger partial charge in [0.1, 0.15) is 11.6 Å². The summed E-state index contributed by atoms with van der Waals surface area (Å²) in [4.78, 5) is 30.7. The van der Waals surface area contributed by atoms with Gasteiger partial charge in [0.05, 0.1) is 17.6 Å². The van der Waals surface area contributed by atoms with E-state index >= 15 is 0 Å². The molecule has 4 heterocycles. The monoisotopic (exact) mass is 470 g/mol. The van der Waals surface area contributed by atoms with Crippen LogP contribution in [-0.2, 0) is 12.8 Å². The molecule has 0 saturated carbocycles. The van der Waals surface area contributed by atoms with Gasteiger partial charge in [0.2, 0.25) is 0 Å². The third-order valence-electron chi connectivity index (χ3n) is 7.98. The zero-order valence-electron chi connectivity index (χ0n) is 19.9. The Morgan fingerprint density at radius 2 is 1.91 bits per heavy atom. The number of aromatic nitrogens is 3. The van der Waals surface area contributed by atoms with E-state index in [9.17, 15) is 4.79 Å². The Labute approximate surface area is 204 Å². The molecule has 180 valence electrons. The number of carbonyl (C=O) groups excluding carboxylic acids is 1. The third-order valence-corrected chi connectivity index (χ3v) is 7.98. The summed E-state index contributed by atoms with van der Waals surface area (Å²) in [6.07, 6.45) is 5.36. The second-order valence-electron chi connectivity index (χ2n) is 9.78. The second kappa shape index (κ2) is 8.20. The van der Waals surface area contributed by atoms with Crippen LogP contribution in [0.2, 0.25) is 0 Å². The van der Waals surface area contributed by atoms with E-state index in [1.165, 1.54) is 11.1 Å². The summed E-state index contributed by atoms with van der Waals surface area (Å²) in [6, 6.07) is 12.4. The molecule has 3 aromatic rings. The normalized spacial score (nSPS) is 20.1. The lowest BCUT2D eigenvalue weighted by Gasteiger charge is -2.42. The largest absolute Gasteiger partial charge is 0.382 e. The Bertz CT molecular complexity index is 1300. The number of rotatable bonds is 3. The minimum absolute atomic E-state index is 0.0685. The molecule has 1 atom stereocenters. The molecule has 5 N–H and O–H groups in total. The number of fused-ring (bicyclic) bond motifs is 2. The lowest BCUT2D eigenvalue weighted by Crippen LogP contribution is -2.44. The first kappa shape index (κ1) is 21.8. The van der Waals surface area contributed by atoms with Gasteiger partial charge in [0.25, 0.3) is 5.91 Å². The lowest BCUT2D eigenvalue weighted by molar-refractivity contribution is 0.0985. The van der Waals surface area contributed by atoms with Crippen LogP contribution in [0.1, 0.15) is 46.2 Å². The van der Waals surface area contributed by atoms with Crippen molar-refractivity contribution in [3.05, 3.63) is 65.1 Å². The van der Waals surface area contributed by atoms with Crippen LogP contribution in [0.15, 0.2) is 42.6 Å². The van der Waals surface area contributed by atoms with Crippen LogP contribution in [-0.4, -0.2) is 47.5 Å². The fourth-order valence-electron chi connectivity index (χ4n) is 5.94. The van der Waals surface area contributed by atoms with E-state index in [2.05, 4.69) is 49.4 Å². The summed E-state index contributed by atoms with van der Waals surface area (Å²) >= 11 is 0. The van der Waals surface area contributed by atoms with Crippen LogP contribution in [0.4, 0.5) is 23.1 Å². The Kier molecular flexibility index (Phi) is 5.10. The number of nitrogens with zero attached hydrogens (tertiary/aromatic N) is 5. The third kappa shape index (κ3) is 3.49. The number of benzene rings is 1. The number of amides is 1. The predicted octanol–water partition coefficient (Wildman–Crippen LogP) is 2.54. The molecule has 1 amide bonds. The van der Waals surface area contributed by atoms with E-state index in [0.717, 1.165) is 49.6 Å². The molecule has 1 aromatic carbocycles. The lowest BCUT2D eigenvalue weighted by atomic mass is 9.73. The van der Waals surface area contributed by atoms with E-state index in [1.807, 2.05) is 19.2 Å². The zero-order chi connectivity index (χ0) is 24.2. The molecule has 2 aromatic heterocycles. The average Bonchev–Trinajstić information content (AvgIpc) is 3.43. The number of piperidine rings is 1. The summed E-state index contributed by atoms with van der Waals surface area (Å²) in [5, 5.41) is 3.03. The summed E-state index contributed by atoms with van der Waals surface area (Å²) in [5.41, 5.74) is 17.6. The van der Waals surface area contributed by atoms with Crippen molar-refractivity contribution in [3.8, 4) is 0 Å². The molecule has 9 nitrogen and oxygen atoms in total. The Hall–Kier alpha value is -3.72. The van der Waals surface area contributed by atoms with Gasteiger partial charge in [0.15, 0.2) is 11.5 Å². The Morgan fingerprint density at radius 3 is 2.66 bits per heavy atom. The Morgan fingerprint density at radius 1 is 1.11 bits per heavy atom. The maximum Gasteiger partial charge on any atom is 0.280 e. The molecule has 1 saturated heterocycles. The van der Waals surface area contributed by atoms with Crippen molar-refractivity contribution >= 4 is 29.0 Å². The second-order valence-corrected chi connectivity index (χ2v) is 9.78. The molecular formula is C26H30N8O. The fraction of sp³-hybridized carbons (Fsp3) is 0.385. The Balaban J connectivity index is 1.17. The van der Waals surface area contributed by atoms with Crippen molar-refractivity contribution in [2.45, 2.75) is 31.7 Å². The number of nitrogens with one attached hydrogen (secondary N) is 1. The molecule has 3 aliphatic rings. The first-order valence-corrected chi connectivity index (χ1v) is 12.2. The summed E-state index contributed by atoms with van der Waals surface area (Å²) in [6.45, 7) is 2.22. The van der Waals surface area contributed by atoms with Crippen LogP contribution >= 0.6 is 0 Å². The van der Waals surface area contributed by atoms with Crippen molar-refractivity contribution in [2.75, 3.05) is 47.5 Å². The minimum Gasteiger partial charge on any atom is -0.382 e. The van der Waals surface area contributed by atoms with E-state index in [1.54, 1.807) is 11.1 Å². The molecule has 2 aliphatic heterocycles. The van der Waals surface area contributed by atoms with Gasteiger partial charge in [-0.15, -0.1) is 0 Å². The first-order valence-electron chi connectivity index (χ1n) is 12.2. The van der Waals surface area contributed by atoms with Gasteiger partial charge >= 0.3 is 0 Å². The highest BCUT2D eigenvalue weighted by Crippen LogP contribution is 2.50. The minimum atomic E-state index is -0.244. The predicted molar refractivity (Wildman–Crippen MR) is 137 cm³/mol. The van der Waals surface area contributed by atoms with Gasteiger partial charge in [-0.2, -0.15) is 0 Å². The smallest absolute Gasteiger partial charge is 0.280 e. The van der Waals surface area contributed by atoms with E-state index < -0.39 is 0 Å². The number of carbonyl (C=O) groups is 1.